The Hall–Kier alpha value is -1.14. The molecule has 0 aliphatic carbocycles. The maximum atomic E-state index is 12.2. The molecule has 2 aromatic heterocycles. The molecule has 2 aromatic rings. The Labute approximate surface area is 133 Å². The highest BCUT2D eigenvalue weighted by Crippen LogP contribution is 2.35. The summed E-state index contributed by atoms with van der Waals surface area (Å²) in [4.78, 5) is 23.2. The van der Waals surface area contributed by atoms with Gasteiger partial charge < -0.3 is 5.32 Å². The summed E-state index contributed by atoms with van der Waals surface area (Å²) >= 11 is 3.17. The second-order valence-electron chi connectivity index (χ2n) is 6.14. The molecule has 114 valence electrons. The lowest BCUT2D eigenvalue weighted by molar-refractivity contribution is -0.121. The number of hydrogen-bond donors (Lipinski definition) is 1. The number of rotatable bonds is 3. The SMILES string of the molecule is Cc1sc2ncnc(S[C@@H](C)C(=O)NC(C)(C)C)c2c1C. The molecule has 0 saturated heterocycles. The fourth-order valence-corrected chi connectivity index (χ4v) is 3.97. The van der Waals surface area contributed by atoms with E-state index in [-0.39, 0.29) is 16.7 Å². The average Bonchev–Trinajstić information content (AvgIpc) is 2.64. The quantitative estimate of drug-likeness (QED) is 0.691. The van der Waals surface area contributed by atoms with E-state index in [1.807, 2.05) is 27.7 Å². The summed E-state index contributed by atoms with van der Waals surface area (Å²) in [7, 11) is 0. The van der Waals surface area contributed by atoms with E-state index < -0.39 is 0 Å². The first-order valence-corrected chi connectivity index (χ1v) is 8.58. The number of carbonyl (C=O) groups excluding carboxylic acids is 1. The zero-order valence-corrected chi connectivity index (χ0v) is 14.9. The van der Waals surface area contributed by atoms with E-state index in [1.54, 1.807) is 17.7 Å². The zero-order chi connectivity index (χ0) is 15.8. The number of thiophene rings is 1. The molecule has 4 nitrogen and oxygen atoms in total. The monoisotopic (exact) mass is 323 g/mol. The van der Waals surface area contributed by atoms with E-state index >= 15 is 0 Å². The average molecular weight is 323 g/mol. The van der Waals surface area contributed by atoms with E-state index in [4.69, 9.17) is 0 Å². The summed E-state index contributed by atoms with van der Waals surface area (Å²) in [5.41, 5.74) is 0.989. The Morgan fingerprint density at radius 3 is 2.62 bits per heavy atom. The lowest BCUT2D eigenvalue weighted by Gasteiger charge is -2.23. The highest BCUT2D eigenvalue weighted by atomic mass is 32.2. The van der Waals surface area contributed by atoms with Crippen LogP contribution in [0.25, 0.3) is 10.2 Å². The molecule has 2 rings (SSSR count). The largest absolute Gasteiger partial charge is 0.351 e. The van der Waals surface area contributed by atoms with E-state index in [9.17, 15) is 4.79 Å². The first-order chi connectivity index (χ1) is 9.69. The number of nitrogens with zero attached hydrogens (tertiary/aromatic N) is 2. The number of aromatic nitrogens is 2. The maximum absolute atomic E-state index is 12.2. The van der Waals surface area contributed by atoms with Crippen LogP contribution in [0, 0.1) is 13.8 Å². The molecule has 0 bridgehead atoms. The van der Waals surface area contributed by atoms with Gasteiger partial charge in [-0.1, -0.05) is 11.8 Å². The molecule has 0 aliphatic heterocycles. The third kappa shape index (κ3) is 3.74. The highest BCUT2D eigenvalue weighted by Gasteiger charge is 2.22. The topological polar surface area (TPSA) is 54.9 Å². The predicted octanol–water partition coefficient (Wildman–Crippen LogP) is 3.70. The van der Waals surface area contributed by atoms with Gasteiger partial charge in [-0.3, -0.25) is 4.79 Å². The van der Waals surface area contributed by atoms with Crippen LogP contribution in [0.3, 0.4) is 0 Å². The number of hydrogen-bond acceptors (Lipinski definition) is 5. The Kier molecular flexibility index (Phi) is 4.58. The standard InChI is InChI=1S/C15H21N3OS2/c1-8-9(2)20-13-11(8)14(17-7-16-13)21-10(3)12(19)18-15(4,5)6/h7,10H,1-6H3,(H,18,19)/t10-/m0/s1. The molecule has 1 atom stereocenters. The van der Waals surface area contributed by atoms with Crippen molar-refractivity contribution in [2.24, 2.45) is 0 Å². The van der Waals surface area contributed by atoms with Crippen molar-refractivity contribution in [2.45, 2.75) is 57.4 Å². The third-order valence-electron chi connectivity index (χ3n) is 3.09. The van der Waals surface area contributed by atoms with Crippen molar-refractivity contribution >= 4 is 39.2 Å². The molecule has 0 aromatic carbocycles. The molecular weight excluding hydrogens is 302 g/mol. The first-order valence-electron chi connectivity index (χ1n) is 6.88. The van der Waals surface area contributed by atoms with E-state index in [0.717, 1.165) is 15.2 Å². The molecule has 1 N–H and O–H groups in total. The lowest BCUT2D eigenvalue weighted by Crippen LogP contribution is -2.44. The van der Waals surface area contributed by atoms with Gasteiger partial charge in [0.05, 0.1) is 5.25 Å². The summed E-state index contributed by atoms with van der Waals surface area (Å²) in [5, 5.41) is 4.78. The van der Waals surface area contributed by atoms with Crippen LogP contribution in [-0.4, -0.2) is 26.7 Å². The van der Waals surface area contributed by atoms with Gasteiger partial charge in [0.15, 0.2) is 0 Å². The van der Waals surface area contributed by atoms with Crippen molar-refractivity contribution < 1.29 is 4.79 Å². The first kappa shape index (κ1) is 16.2. The number of nitrogens with one attached hydrogen (secondary N) is 1. The highest BCUT2D eigenvalue weighted by molar-refractivity contribution is 8.00. The van der Waals surface area contributed by atoms with E-state index in [2.05, 4.69) is 29.1 Å². The normalized spacial score (nSPS) is 13.4. The second kappa shape index (κ2) is 5.93. The van der Waals surface area contributed by atoms with Crippen molar-refractivity contribution in [3.63, 3.8) is 0 Å². The Morgan fingerprint density at radius 2 is 2.00 bits per heavy atom. The number of fused-ring (bicyclic) bond motifs is 1. The number of amides is 1. The van der Waals surface area contributed by atoms with Gasteiger partial charge in [0, 0.05) is 15.8 Å². The molecule has 0 saturated carbocycles. The van der Waals surface area contributed by atoms with Gasteiger partial charge >= 0.3 is 0 Å². The lowest BCUT2D eigenvalue weighted by atomic mass is 10.1. The Morgan fingerprint density at radius 1 is 1.33 bits per heavy atom. The van der Waals surface area contributed by atoms with Crippen LogP contribution in [0.15, 0.2) is 11.4 Å². The van der Waals surface area contributed by atoms with Crippen LogP contribution < -0.4 is 5.32 Å². The van der Waals surface area contributed by atoms with Gasteiger partial charge in [-0.2, -0.15) is 0 Å². The van der Waals surface area contributed by atoms with Crippen LogP contribution in [0.2, 0.25) is 0 Å². The minimum atomic E-state index is -0.220. The zero-order valence-electron chi connectivity index (χ0n) is 13.3. The minimum Gasteiger partial charge on any atom is -0.351 e. The molecule has 0 fully saturated rings. The molecular formula is C15H21N3OS2. The molecule has 0 aliphatic rings. The molecule has 0 spiro atoms. The van der Waals surface area contributed by atoms with Crippen LogP contribution in [0.5, 0.6) is 0 Å². The molecule has 0 unspecified atom stereocenters. The summed E-state index contributed by atoms with van der Waals surface area (Å²) in [6.45, 7) is 12.0. The second-order valence-corrected chi connectivity index (χ2v) is 8.67. The van der Waals surface area contributed by atoms with Crippen molar-refractivity contribution in [1.82, 2.24) is 15.3 Å². The molecule has 2 heterocycles. The fraction of sp³-hybridized carbons (Fsp3) is 0.533. The molecule has 0 radical (unpaired) electrons. The van der Waals surface area contributed by atoms with Gasteiger partial charge in [-0.25, -0.2) is 9.97 Å². The van der Waals surface area contributed by atoms with Crippen molar-refractivity contribution in [3.8, 4) is 0 Å². The molecule has 6 heteroatoms. The van der Waals surface area contributed by atoms with Crippen LogP contribution in [-0.2, 0) is 4.79 Å². The minimum absolute atomic E-state index is 0.0314. The van der Waals surface area contributed by atoms with Gasteiger partial charge in [-0.15, -0.1) is 11.3 Å². The van der Waals surface area contributed by atoms with Crippen molar-refractivity contribution in [2.75, 3.05) is 0 Å². The van der Waals surface area contributed by atoms with E-state index in [0.29, 0.717) is 0 Å². The Balaban J connectivity index is 2.26. The maximum Gasteiger partial charge on any atom is 0.233 e. The summed E-state index contributed by atoms with van der Waals surface area (Å²) in [6.07, 6.45) is 1.58. The van der Waals surface area contributed by atoms with Gasteiger partial charge in [0.25, 0.3) is 0 Å². The summed E-state index contributed by atoms with van der Waals surface area (Å²) in [5.74, 6) is 0.0314. The molecule has 1 amide bonds. The van der Waals surface area contributed by atoms with Crippen LogP contribution >= 0.6 is 23.1 Å². The predicted molar refractivity (Wildman–Crippen MR) is 90.1 cm³/mol. The van der Waals surface area contributed by atoms with Crippen molar-refractivity contribution in [3.05, 3.63) is 16.8 Å². The van der Waals surface area contributed by atoms with Crippen LogP contribution in [0.4, 0.5) is 0 Å². The Bertz CT molecular complexity index is 673. The van der Waals surface area contributed by atoms with Gasteiger partial charge in [0.1, 0.15) is 16.2 Å². The molecule has 21 heavy (non-hydrogen) atoms. The number of carbonyl (C=O) groups is 1. The fourth-order valence-electron chi connectivity index (χ4n) is 1.93. The van der Waals surface area contributed by atoms with Gasteiger partial charge in [-0.05, 0) is 47.1 Å². The number of thioether (sulfide) groups is 1. The smallest absolute Gasteiger partial charge is 0.233 e. The summed E-state index contributed by atoms with van der Waals surface area (Å²) < 4.78 is 0. The number of aryl methyl sites for hydroxylation is 2. The summed E-state index contributed by atoms with van der Waals surface area (Å²) in [6, 6.07) is 0. The van der Waals surface area contributed by atoms with Gasteiger partial charge in [0.2, 0.25) is 5.91 Å². The van der Waals surface area contributed by atoms with Crippen molar-refractivity contribution in [1.29, 1.82) is 0 Å². The van der Waals surface area contributed by atoms with E-state index in [1.165, 1.54) is 22.2 Å². The third-order valence-corrected chi connectivity index (χ3v) is 5.30. The van der Waals surface area contributed by atoms with Crippen LogP contribution in [0.1, 0.15) is 38.1 Å².